The highest BCUT2D eigenvalue weighted by Gasteiger charge is 2.29. The molecule has 0 spiro atoms. The van der Waals surface area contributed by atoms with Crippen LogP contribution in [0.1, 0.15) is 21.6 Å². The van der Waals surface area contributed by atoms with Crippen molar-refractivity contribution < 1.29 is 22.8 Å². The lowest BCUT2D eigenvalue weighted by Crippen LogP contribution is -2.30. The first-order chi connectivity index (χ1) is 14.3. The van der Waals surface area contributed by atoms with Crippen LogP contribution in [-0.4, -0.2) is 30.5 Å². The molecule has 9 heteroatoms. The van der Waals surface area contributed by atoms with Crippen LogP contribution in [0, 0.1) is 0 Å². The van der Waals surface area contributed by atoms with E-state index in [1.807, 2.05) is 18.2 Å². The summed E-state index contributed by atoms with van der Waals surface area (Å²) in [7, 11) is 1.54. The molecule has 0 aliphatic heterocycles. The van der Waals surface area contributed by atoms with E-state index in [-0.39, 0.29) is 11.6 Å². The molecule has 0 aliphatic rings. The molecule has 156 valence electrons. The van der Waals surface area contributed by atoms with E-state index >= 15 is 0 Å². The van der Waals surface area contributed by atoms with Gasteiger partial charge in [-0.1, -0.05) is 12.1 Å². The second kappa shape index (κ2) is 8.81. The Morgan fingerprint density at radius 1 is 1.00 bits per heavy atom. The van der Waals surface area contributed by atoms with Crippen molar-refractivity contribution in [3.8, 4) is 0 Å². The van der Waals surface area contributed by atoms with E-state index in [0.717, 1.165) is 28.5 Å². The molecular formula is C21H19F3N4O2. The van der Waals surface area contributed by atoms with Gasteiger partial charge in [0.2, 0.25) is 0 Å². The molecule has 3 rings (SSSR count). The highest BCUT2D eigenvalue weighted by Crippen LogP contribution is 2.29. The van der Waals surface area contributed by atoms with Crippen LogP contribution in [0.4, 0.5) is 23.7 Å². The van der Waals surface area contributed by atoms with Gasteiger partial charge < -0.3 is 16.0 Å². The number of amides is 3. The molecule has 0 saturated heterocycles. The van der Waals surface area contributed by atoms with Crippen LogP contribution in [0.2, 0.25) is 0 Å². The number of halogens is 3. The summed E-state index contributed by atoms with van der Waals surface area (Å²) in [6.07, 6.45) is -2.25. The lowest BCUT2D eigenvalue weighted by atomic mass is 10.1. The number of anilines is 1. The minimum absolute atomic E-state index is 0.260. The molecule has 0 radical (unpaired) electrons. The van der Waals surface area contributed by atoms with E-state index in [9.17, 15) is 22.8 Å². The van der Waals surface area contributed by atoms with E-state index in [2.05, 4.69) is 20.9 Å². The van der Waals surface area contributed by atoms with Gasteiger partial charge in [-0.2, -0.15) is 13.2 Å². The van der Waals surface area contributed by atoms with Crippen molar-refractivity contribution in [3.63, 3.8) is 0 Å². The number of urea groups is 1. The molecular weight excluding hydrogens is 397 g/mol. The number of aromatic nitrogens is 1. The molecule has 0 aliphatic carbocycles. The van der Waals surface area contributed by atoms with Gasteiger partial charge in [-0.15, -0.1) is 0 Å². The second-order valence-corrected chi connectivity index (χ2v) is 6.54. The molecule has 0 atom stereocenters. The number of benzene rings is 2. The monoisotopic (exact) mass is 416 g/mol. The smallest absolute Gasteiger partial charge is 0.354 e. The molecule has 0 unspecified atom stereocenters. The van der Waals surface area contributed by atoms with Crippen molar-refractivity contribution in [3.05, 3.63) is 71.5 Å². The maximum Gasteiger partial charge on any atom is 0.416 e. The second-order valence-electron chi connectivity index (χ2n) is 6.54. The summed E-state index contributed by atoms with van der Waals surface area (Å²) in [6, 6.07) is 11.1. The average Bonchev–Trinajstić information content (AvgIpc) is 2.72. The highest BCUT2D eigenvalue weighted by molar-refractivity contribution is 5.96. The fraction of sp³-hybridized carbons (Fsp3) is 0.190. The van der Waals surface area contributed by atoms with E-state index in [0.29, 0.717) is 18.7 Å². The van der Waals surface area contributed by atoms with Crippen LogP contribution in [0.15, 0.2) is 54.7 Å². The normalized spacial score (nSPS) is 11.2. The molecule has 30 heavy (non-hydrogen) atoms. The van der Waals surface area contributed by atoms with Gasteiger partial charge in [0.15, 0.2) is 0 Å². The van der Waals surface area contributed by atoms with E-state index in [4.69, 9.17) is 0 Å². The largest absolute Gasteiger partial charge is 0.416 e. The molecule has 2 aromatic carbocycles. The standard InChI is InChI=1S/C21H19F3N4O2/c1-25-19(29)18-11-14-3-2-13(10-15(14)12-27-18)8-9-26-20(30)28-17-6-4-16(5-7-17)21(22,23)24/h2-7,10-12H,8-9H2,1H3,(H,25,29)(H2,26,28,30). The van der Waals surface area contributed by atoms with Crippen LogP contribution >= 0.6 is 0 Å². The number of carbonyl (C=O) groups is 2. The van der Waals surface area contributed by atoms with Gasteiger partial charge in [0.25, 0.3) is 5.91 Å². The SMILES string of the molecule is CNC(=O)c1cc2ccc(CCNC(=O)Nc3ccc(C(F)(F)F)cc3)cc2cn1. The predicted octanol–water partition coefficient (Wildman–Crippen LogP) is 3.98. The number of fused-ring (bicyclic) bond motifs is 1. The zero-order chi connectivity index (χ0) is 21.7. The number of alkyl halides is 3. The average molecular weight is 416 g/mol. The van der Waals surface area contributed by atoms with Crippen LogP contribution < -0.4 is 16.0 Å². The van der Waals surface area contributed by atoms with E-state index in [1.165, 1.54) is 19.2 Å². The Balaban J connectivity index is 1.53. The Morgan fingerprint density at radius 2 is 1.73 bits per heavy atom. The number of pyridine rings is 1. The van der Waals surface area contributed by atoms with Gasteiger partial charge in [0.05, 0.1) is 5.56 Å². The molecule has 0 bridgehead atoms. The van der Waals surface area contributed by atoms with Crippen molar-refractivity contribution in [1.29, 1.82) is 0 Å². The topological polar surface area (TPSA) is 83.1 Å². The van der Waals surface area contributed by atoms with Gasteiger partial charge in [-0.25, -0.2) is 4.79 Å². The van der Waals surface area contributed by atoms with Gasteiger partial charge in [-0.05, 0) is 53.8 Å². The first-order valence-corrected chi connectivity index (χ1v) is 9.09. The molecule has 0 saturated carbocycles. The molecule has 6 nitrogen and oxygen atoms in total. The van der Waals surface area contributed by atoms with Crippen molar-refractivity contribution in [2.75, 3.05) is 18.9 Å². The lowest BCUT2D eigenvalue weighted by Gasteiger charge is -2.10. The van der Waals surface area contributed by atoms with E-state index < -0.39 is 17.8 Å². The molecule has 3 aromatic rings. The maximum absolute atomic E-state index is 12.6. The van der Waals surface area contributed by atoms with Gasteiger partial charge in [0, 0.05) is 30.9 Å². The van der Waals surface area contributed by atoms with Crippen molar-refractivity contribution in [2.24, 2.45) is 0 Å². The molecule has 3 amide bonds. The van der Waals surface area contributed by atoms with Crippen LogP contribution in [0.25, 0.3) is 10.8 Å². The molecule has 1 aromatic heterocycles. The Kier molecular flexibility index (Phi) is 6.20. The first kappa shape index (κ1) is 21.1. The Bertz CT molecular complexity index is 1070. The van der Waals surface area contributed by atoms with Crippen molar-refractivity contribution >= 4 is 28.4 Å². The summed E-state index contributed by atoms with van der Waals surface area (Å²) in [5.74, 6) is -0.260. The summed E-state index contributed by atoms with van der Waals surface area (Å²) in [5.41, 5.74) is 0.789. The van der Waals surface area contributed by atoms with Gasteiger partial charge in [-0.3, -0.25) is 9.78 Å². The number of rotatable bonds is 5. The highest BCUT2D eigenvalue weighted by atomic mass is 19.4. The predicted molar refractivity (Wildman–Crippen MR) is 107 cm³/mol. The van der Waals surface area contributed by atoms with E-state index in [1.54, 1.807) is 12.3 Å². The van der Waals surface area contributed by atoms with Crippen molar-refractivity contribution in [1.82, 2.24) is 15.6 Å². The Labute approximate surface area is 170 Å². The Morgan fingerprint density at radius 3 is 2.40 bits per heavy atom. The number of hydrogen-bond acceptors (Lipinski definition) is 3. The maximum atomic E-state index is 12.6. The fourth-order valence-corrected chi connectivity index (χ4v) is 2.84. The number of nitrogens with one attached hydrogen (secondary N) is 3. The summed E-state index contributed by atoms with van der Waals surface area (Å²) in [5, 5.41) is 9.43. The summed E-state index contributed by atoms with van der Waals surface area (Å²) < 4.78 is 37.7. The minimum Gasteiger partial charge on any atom is -0.354 e. The summed E-state index contributed by atoms with van der Waals surface area (Å²) >= 11 is 0. The Hall–Kier alpha value is -3.62. The number of nitrogens with zero attached hydrogens (tertiary/aromatic N) is 1. The zero-order valence-electron chi connectivity index (χ0n) is 16.0. The quantitative estimate of drug-likeness (QED) is 0.588. The first-order valence-electron chi connectivity index (χ1n) is 9.09. The van der Waals surface area contributed by atoms with Crippen LogP contribution in [0.3, 0.4) is 0 Å². The third-order valence-corrected chi connectivity index (χ3v) is 4.42. The van der Waals surface area contributed by atoms with Gasteiger partial charge in [0.1, 0.15) is 5.69 Å². The van der Waals surface area contributed by atoms with Crippen LogP contribution in [0.5, 0.6) is 0 Å². The number of hydrogen-bond donors (Lipinski definition) is 3. The zero-order valence-corrected chi connectivity index (χ0v) is 16.0. The van der Waals surface area contributed by atoms with Crippen molar-refractivity contribution in [2.45, 2.75) is 12.6 Å². The fourth-order valence-electron chi connectivity index (χ4n) is 2.84. The van der Waals surface area contributed by atoms with Crippen LogP contribution in [-0.2, 0) is 12.6 Å². The summed E-state index contributed by atoms with van der Waals surface area (Å²) in [6.45, 7) is 0.335. The third kappa shape index (κ3) is 5.25. The minimum atomic E-state index is -4.42. The number of carbonyl (C=O) groups excluding carboxylic acids is 2. The molecule has 1 heterocycles. The molecule has 3 N–H and O–H groups in total. The third-order valence-electron chi connectivity index (χ3n) is 4.42. The molecule has 0 fully saturated rings. The van der Waals surface area contributed by atoms with Gasteiger partial charge >= 0.3 is 12.2 Å². The lowest BCUT2D eigenvalue weighted by molar-refractivity contribution is -0.137. The summed E-state index contributed by atoms with van der Waals surface area (Å²) in [4.78, 5) is 27.7.